The Hall–Kier alpha value is -1.14. The maximum Gasteiger partial charge on any atom is 0.174 e. The molecule has 0 fully saturated rings. The predicted octanol–water partition coefficient (Wildman–Crippen LogP) is 3.05. The van der Waals surface area contributed by atoms with Crippen molar-refractivity contribution in [2.45, 2.75) is 23.4 Å². The Morgan fingerprint density at radius 2 is 2.41 bits per heavy atom. The molecule has 0 atom stereocenters. The van der Waals surface area contributed by atoms with Gasteiger partial charge < -0.3 is 5.32 Å². The standard InChI is InChI=1S/C11H14N4S2/c1-2-5-12-10-9(4-3-6-13-10)7-16-11-15-14-8-17-11/h3-4,6,8H,2,5,7H2,1H3,(H,12,13). The van der Waals surface area contributed by atoms with Crippen LogP contribution in [0.4, 0.5) is 5.82 Å². The zero-order chi connectivity index (χ0) is 11.9. The minimum Gasteiger partial charge on any atom is -0.370 e. The number of rotatable bonds is 6. The van der Waals surface area contributed by atoms with Crippen LogP contribution in [0.2, 0.25) is 0 Å². The number of hydrogen-bond acceptors (Lipinski definition) is 6. The normalized spacial score (nSPS) is 10.4. The van der Waals surface area contributed by atoms with Crippen molar-refractivity contribution in [1.29, 1.82) is 0 Å². The summed E-state index contributed by atoms with van der Waals surface area (Å²) in [6, 6.07) is 4.06. The van der Waals surface area contributed by atoms with Gasteiger partial charge in [-0.2, -0.15) is 0 Å². The summed E-state index contributed by atoms with van der Waals surface area (Å²) in [5.41, 5.74) is 2.96. The van der Waals surface area contributed by atoms with Crippen molar-refractivity contribution in [3.63, 3.8) is 0 Å². The molecule has 2 aromatic heterocycles. The second-order valence-electron chi connectivity index (χ2n) is 3.43. The van der Waals surface area contributed by atoms with Gasteiger partial charge in [-0.25, -0.2) is 4.98 Å². The molecule has 2 heterocycles. The van der Waals surface area contributed by atoms with E-state index in [0.29, 0.717) is 0 Å². The van der Waals surface area contributed by atoms with Crippen LogP contribution in [-0.4, -0.2) is 21.7 Å². The van der Waals surface area contributed by atoms with E-state index in [4.69, 9.17) is 0 Å². The molecule has 2 rings (SSSR count). The summed E-state index contributed by atoms with van der Waals surface area (Å²) in [4.78, 5) is 4.36. The summed E-state index contributed by atoms with van der Waals surface area (Å²) in [6.45, 7) is 3.10. The zero-order valence-electron chi connectivity index (χ0n) is 9.59. The third-order valence-corrected chi connectivity index (χ3v) is 4.03. The highest BCUT2D eigenvalue weighted by atomic mass is 32.2. The third-order valence-electron chi connectivity index (χ3n) is 2.12. The van der Waals surface area contributed by atoms with Crippen molar-refractivity contribution < 1.29 is 0 Å². The van der Waals surface area contributed by atoms with E-state index in [1.807, 2.05) is 12.3 Å². The Morgan fingerprint density at radius 1 is 1.47 bits per heavy atom. The lowest BCUT2D eigenvalue weighted by Crippen LogP contribution is -2.04. The molecule has 90 valence electrons. The van der Waals surface area contributed by atoms with E-state index in [0.717, 1.165) is 28.9 Å². The number of anilines is 1. The van der Waals surface area contributed by atoms with Crippen LogP contribution < -0.4 is 5.32 Å². The maximum absolute atomic E-state index is 4.36. The quantitative estimate of drug-likeness (QED) is 0.814. The van der Waals surface area contributed by atoms with Crippen molar-refractivity contribution in [2.24, 2.45) is 0 Å². The first-order valence-electron chi connectivity index (χ1n) is 5.47. The third kappa shape index (κ3) is 3.67. The van der Waals surface area contributed by atoms with E-state index in [2.05, 4.69) is 33.5 Å². The van der Waals surface area contributed by atoms with Crippen molar-refractivity contribution in [3.05, 3.63) is 29.4 Å². The minimum atomic E-state index is 0.870. The highest BCUT2D eigenvalue weighted by Crippen LogP contribution is 2.26. The number of thioether (sulfide) groups is 1. The second kappa shape index (κ2) is 6.56. The maximum atomic E-state index is 4.36. The summed E-state index contributed by atoms with van der Waals surface area (Å²) in [6.07, 6.45) is 2.91. The van der Waals surface area contributed by atoms with Crippen LogP contribution in [0.5, 0.6) is 0 Å². The molecule has 0 bridgehead atoms. The summed E-state index contributed by atoms with van der Waals surface area (Å²) in [5, 5.41) is 11.2. The molecule has 0 spiro atoms. The Kier molecular flexibility index (Phi) is 4.75. The molecule has 0 aliphatic rings. The minimum absolute atomic E-state index is 0.870. The van der Waals surface area contributed by atoms with Crippen molar-refractivity contribution in [3.8, 4) is 0 Å². The molecule has 0 saturated carbocycles. The molecule has 17 heavy (non-hydrogen) atoms. The Labute approximate surface area is 109 Å². The van der Waals surface area contributed by atoms with Gasteiger partial charge in [-0.05, 0) is 12.5 Å². The monoisotopic (exact) mass is 266 g/mol. The van der Waals surface area contributed by atoms with Gasteiger partial charge in [0.1, 0.15) is 11.3 Å². The predicted molar refractivity (Wildman–Crippen MR) is 72.5 cm³/mol. The average Bonchev–Trinajstić information content (AvgIpc) is 2.88. The lowest BCUT2D eigenvalue weighted by molar-refractivity contribution is 0.964. The van der Waals surface area contributed by atoms with E-state index in [9.17, 15) is 0 Å². The van der Waals surface area contributed by atoms with Crippen LogP contribution in [0.1, 0.15) is 18.9 Å². The summed E-state index contributed by atoms with van der Waals surface area (Å²) in [5.74, 6) is 1.85. The van der Waals surface area contributed by atoms with Gasteiger partial charge in [-0.15, -0.1) is 10.2 Å². The van der Waals surface area contributed by atoms with Gasteiger partial charge in [-0.3, -0.25) is 0 Å². The van der Waals surface area contributed by atoms with Gasteiger partial charge in [0.2, 0.25) is 0 Å². The number of hydrogen-bond donors (Lipinski definition) is 1. The molecule has 6 heteroatoms. The summed E-state index contributed by atoms with van der Waals surface area (Å²) >= 11 is 3.26. The number of pyridine rings is 1. The number of nitrogens with zero attached hydrogens (tertiary/aromatic N) is 3. The molecule has 0 aromatic carbocycles. The molecule has 0 amide bonds. The fraction of sp³-hybridized carbons (Fsp3) is 0.364. The van der Waals surface area contributed by atoms with Crippen LogP contribution in [0, 0.1) is 0 Å². The fourth-order valence-corrected chi connectivity index (χ4v) is 2.80. The number of nitrogens with one attached hydrogen (secondary N) is 1. The topological polar surface area (TPSA) is 50.7 Å². The van der Waals surface area contributed by atoms with Crippen molar-refractivity contribution in [2.75, 3.05) is 11.9 Å². The highest BCUT2D eigenvalue weighted by Gasteiger charge is 2.04. The van der Waals surface area contributed by atoms with Crippen molar-refractivity contribution >= 4 is 28.9 Å². The fourth-order valence-electron chi connectivity index (χ4n) is 1.32. The first-order chi connectivity index (χ1) is 8.40. The van der Waals surface area contributed by atoms with Gasteiger partial charge in [0.05, 0.1) is 0 Å². The van der Waals surface area contributed by atoms with E-state index in [1.165, 1.54) is 5.56 Å². The Balaban J connectivity index is 1.99. The zero-order valence-corrected chi connectivity index (χ0v) is 11.2. The van der Waals surface area contributed by atoms with Gasteiger partial charge >= 0.3 is 0 Å². The van der Waals surface area contributed by atoms with Crippen LogP contribution >= 0.6 is 23.1 Å². The lowest BCUT2D eigenvalue weighted by atomic mass is 10.3. The first kappa shape index (κ1) is 12.3. The Bertz CT molecular complexity index is 444. The molecule has 4 nitrogen and oxygen atoms in total. The lowest BCUT2D eigenvalue weighted by Gasteiger charge is -2.08. The molecule has 0 aliphatic carbocycles. The Morgan fingerprint density at radius 3 is 3.18 bits per heavy atom. The molecule has 1 N–H and O–H groups in total. The van der Waals surface area contributed by atoms with Gasteiger partial charge in [0.15, 0.2) is 4.34 Å². The molecular formula is C11H14N4S2. The van der Waals surface area contributed by atoms with E-state index in [-0.39, 0.29) is 0 Å². The first-order valence-corrected chi connectivity index (χ1v) is 7.33. The second-order valence-corrected chi connectivity index (χ2v) is 5.49. The highest BCUT2D eigenvalue weighted by molar-refractivity contribution is 8.00. The van der Waals surface area contributed by atoms with Crippen LogP contribution in [0.25, 0.3) is 0 Å². The molecular weight excluding hydrogens is 252 g/mol. The molecule has 0 saturated heterocycles. The van der Waals surface area contributed by atoms with E-state index >= 15 is 0 Å². The molecule has 0 aliphatic heterocycles. The molecule has 2 aromatic rings. The largest absolute Gasteiger partial charge is 0.370 e. The van der Waals surface area contributed by atoms with E-state index in [1.54, 1.807) is 28.6 Å². The molecule has 0 unspecified atom stereocenters. The van der Waals surface area contributed by atoms with Gasteiger partial charge in [0.25, 0.3) is 0 Å². The molecule has 0 radical (unpaired) electrons. The van der Waals surface area contributed by atoms with E-state index < -0.39 is 0 Å². The average molecular weight is 266 g/mol. The van der Waals surface area contributed by atoms with Crippen LogP contribution in [0.3, 0.4) is 0 Å². The summed E-state index contributed by atoms with van der Waals surface area (Å²) in [7, 11) is 0. The van der Waals surface area contributed by atoms with Crippen LogP contribution in [0.15, 0.2) is 28.2 Å². The SMILES string of the molecule is CCCNc1ncccc1CSc1nncs1. The van der Waals surface area contributed by atoms with Crippen molar-refractivity contribution in [1.82, 2.24) is 15.2 Å². The number of aromatic nitrogens is 3. The summed E-state index contributed by atoms with van der Waals surface area (Å²) < 4.78 is 0.996. The van der Waals surface area contributed by atoms with Crippen LogP contribution in [-0.2, 0) is 5.75 Å². The van der Waals surface area contributed by atoms with Gasteiger partial charge in [-0.1, -0.05) is 36.1 Å². The smallest absolute Gasteiger partial charge is 0.174 e. The van der Waals surface area contributed by atoms with Gasteiger partial charge in [0, 0.05) is 24.1 Å².